The van der Waals surface area contributed by atoms with Gasteiger partial charge in [0.1, 0.15) is 0 Å². The van der Waals surface area contributed by atoms with Gasteiger partial charge in [0.25, 0.3) is 5.91 Å². The Labute approximate surface area is 83.3 Å². The minimum absolute atomic E-state index is 0.0241. The van der Waals surface area contributed by atoms with Crippen molar-refractivity contribution >= 4 is 11.6 Å². The van der Waals surface area contributed by atoms with E-state index in [1.165, 1.54) is 6.07 Å². The largest absolute Gasteiger partial charge is 0.416 e. The second-order valence-corrected chi connectivity index (χ2v) is 3.12. The first kappa shape index (κ1) is 9.82. The van der Waals surface area contributed by atoms with Crippen LogP contribution in [0.25, 0.3) is 0 Å². The molecule has 80 valence electrons. The number of fused-ring (bicyclic) bond motifs is 1. The van der Waals surface area contributed by atoms with E-state index in [0.29, 0.717) is 5.69 Å². The highest BCUT2D eigenvalue weighted by molar-refractivity contribution is 6.01. The highest BCUT2D eigenvalue weighted by Crippen LogP contribution is 2.32. The topological polar surface area (TPSA) is 41.1 Å². The van der Waals surface area contributed by atoms with E-state index in [4.69, 9.17) is 0 Å². The Morgan fingerprint density at radius 1 is 1.20 bits per heavy atom. The van der Waals surface area contributed by atoms with E-state index in [-0.39, 0.29) is 12.2 Å². The second-order valence-electron chi connectivity index (χ2n) is 3.12. The van der Waals surface area contributed by atoms with Crippen molar-refractivity contribution in [2.45, 2.75) is 6.18 Å². The van der Waals surface area contributed by atoms with Gasteiger partial charge in [0, 0.05) is 5.69 Å². The molecule has 0 saturated heterocycles. The Kier molecular flexibility index (Phi) is 2.06. The van der Waals surface area contributed by atoms with Crippen molar-refractivity contribution in [3.05, 3.63) is 29.3 Å². The fourth-order valence-corrected chi connectivity index (χ4v) is 1.38. The second kappa shape index (κ2) is 3.15. The van der Waals surface area contributed by atoms with Gasteiger partial charge in [-0.25, -0.2) is 0 Å². The van der Waals surface area contributed by atoms with Crippen LogP contribution in [0.3, 0.4) is 0 Å². The van der Waals surface area contributed by atoms with Crippen LogP contribution >= 0.6 is 0 Å². The van der Waals surface area contributed by atoms with Crippen molar-refractivity contribution in [1.29, 1.82) is 0 Å². The molecule has 1 aliphatic rings. The molecule has 3 nitrogen and oxygen atoms in total. The molecule has 1 amide bonds. The lowest BCUT2D eigenvalue weighted by Crippen LogP contribution is -2.34. The third-order valence-electron chi connectivity index (χ3n) is 2.12. The van der Waals surface area contributed by atoms with Gasteiger partial charge in [0.2, 0.25) is 0 Å². The summed E-state index contributed by atoms with van der Waals surface area (Å²) >= 11 is 0. The first-order valence-electron chi connectivity index (χ1n) is 4.22. The van der Waals surface area contributed by atoms with Crippen molar-refractivity contribution in [2.75, 3.05) is 12.0 Å². The van der Waals surface area contributed by atoms with Crippen LogP contribution in [0.1, 0.15) is 15.9 Å². The van der Waals surface area contributed by atoms with E-state index in [0.717, 1.165) is 12.1 Å². The zero-order chi connectivity index (χ0) is 11.1. The lowest BCUT2D eigenvalue weighted by molar-refractivity contribution is -0.137. The molecule has 1 heterocycles. The Balaban J connectivity index is 2.49. The SMILES string of the molecule is O=C1NCNc2ccc(C(F)(F)F)cc21. The minimum atomic E-state index is -4.42. The molecular weight excluding hydrogens is 209 g/mol. The van der Waals surface area contributed by atoms with Gasteiger partial charge in [-0.15, -0.1) is 0 Å². The first-order valence-corrected chi connectivity index (χ1v) is 4.22. The third kappa shape index (κ3) is 1.74. The maximum atomic E-state index is 12.3. The summed E-state index contributed by atoms with van der Waals surface area (Å²) in [4.78, 5) is 11.2. The smallest absolute Gasteiger partial charge is 0.367 e. The molecule has 0 fully saturated rings. The maximum absolute atomic E-state index is 12.3. The average molecular weight is 216 g/mol. The number of anilines is 1. The predicted molar refractivity (Wildman–Crippen MR) is 47.4 cm³/mol. The standard InChI is InChI=1S/C9H7F3N2O/c10-9(11,12)5-1-2-7-6(3-5)8(15)14-4-13-7/h1-3,13H,4H2,(H,14,15). The highest BCUT2D eigenvalue weighted by atomic mass is 19.4. The van der Waals surface area contributed by atoms with Gasteiger partial charge >= 0.3 is 6.18 Å². The van der Waals surface area contributed by atoms with Gasteiger partial charge in [-0.1, -0.05) is 0 Å². The number of hydrogen-bond acceptors (Lipinski definition) is 2. The molecule has 1 aromatic carbocycles. The Bertz CT molecular complexity index is 414. The molecule has 2 rings (SSSR count). The summed E-state index contributed by atoms with van der Waals surface area (Å²) in [5, 5.41) is 5.17. The Morgan fingerprint density at radius 3 is 2.60 bits per heavy atom. The predicted octanol–water partition coefficient (Wildman–Crippen LogP) is 1.82. The number of amides is 1. The number of carbonyl (C=O) groups excluding carboxylic acids is 1. The quantitative estimate of drug-likeness (QED) is 0.694. The van der Waals surface area contributed by atoms with E-state index < -0.39 is 17.6 Å². The van der Waals surface area contributed by atoms with E-state index in [2.05, 4.69) is 10.6 Å². The molecule has 0 saturated carbocycles. The molecule has 0 atom stereocenters. The van der Waals surface area contributed by atoms with Crippen LogP contribution in [0.4, 0.5) is 18.9 Å². The van der Waals surface area contributed by atoms with Crippen molar-refractivity contribution in [1.82, 2.24) is 5.32 Å². The lowest BCUT2D eigenvalue weighted by atomic mass is 10.1. The molecule has 0 aliphatic carbocycles. The molecule has 0 bridgehead atoms. The fourth-order valence-electron chi connectivity index (χ4n) is 1.38. The zero-order valence-electron chi connectivity index (χ0n) is 7.48. The summed E-state index contributed by atoms with van der Waals surface area (Å²) in [6.07, 6.45) is -4.42. The summed E-state index contributed by atoms with van der Waals surface area (Å²) in [5.41, 5.74) is -0.372. The maximum Gasteiger partial charge on any atom is 0.416 e. The molecule has 15 heavy (non-hydrogen) atoms. The zero-order valence-corrected chi connectivity index (χ0v) is 7.48. The number of benzene rings is 1. The summed E-state index contributed by atoms with van der Waals surface area (Å²) in [6.45, 7) is 0.233. The van der Waals surface area contributed by atoms with Crippen molar-refractivity contribution in [2.24, 2.45) is 0 Å². The van der Waals surface area contributed by atoms with Gasteiger partial charge in [-0.2, -0.15) is 13.2 Å². The molecule has 0 spiro atoms. The molecule has 2 N–H and O–H groups in total. The molecule has 0 aromatic heterocycles. The van der Waals surface area contributed by atoms with Gasteiger partial charge in [0.05, 0.1) is 17.8 Å². The fraction of sp³-hybridized carbons (Fsp3) is 0.222. The van der Waals surface area contributed by atoms with Gasteiger partial charge < -0.3 is 10.6 Å². The number of hydrogen-bond donors (Lipinski definition) is 2. The van der Waals surface area contributed by atoms with Crippen LogP contribution in [0.15, 0.2) is 18.2 Å². The summed E-state index contributed by atoms with van der Waals surface area (Å²) in [7, 11) is 0. The van der Waals surface area contributed by atoms with Crippen molar-refractivity contribution in [3.8, 4) is 0 Å². The molecule has 0 unspecified atom stereocenters. The van der Waals surface area contributed by atoms with Crippen LogP contribution in [-0.2, 0) is 6.18 Å². The summed E-state index contributed by atoms with van der Waals surface area (Å²) in [6, 6.07) is 3.05. The van der Waals surface area contributed by atoms with Crippen LogP contribution in [0.5, 0.6) is 0 Å². The van der Waals surface area contributed by atoms with Crippen molar-refractivity contribution in [3.63, 3.8) is 0 Å². The van der Waals surface area contributed by atoms with Crippen LogP contribution in [0.2, 0.25) is 0 Å². The Morgan fingerprint density at radius 2 is 1.93 bits per heavy atom. The number of rotatable bonds is 0. The molecule has 0 radical (unpaired) electrons. The number of alkyl halides is 3. The van der Waals surface area contributed by atoms with Crippen LogP contribution < -0.4 is 10.6 Å². The number of halogens is 3. The van der Waals surface area contributed by atoms with E-state index in [9.17, 15) is 18.0 Å². The van der Waals surface area contributed by atoms with Gasteiger partial charge in [0.15, 0.2) is 0 Å². The molecule has 6 heteroatoms. The van der Waals surface area contributed by atoms with E-state index >= 15 is 0 Å². The van der Waals surface area contributed by atoms with E-state index in [1.54, 1.807) is 0 Å². The molecular formula is C9H7F3N2O. The minimum Gasteiger partial charge on any atom is -0.367 e. The molecule has 1 aromatic rings. The monoisotopic (exact) mass is 216 g/mol. The molecule has 1 aliphatic heterocycles. The summed E-state index contributed by atoms with van der Waals surface area (Å²) in [5.74, 6) is -0.491. The normalized spacial score (nSPS) is 15.3. The van der Waals surface area contributed by atoms with Crippen LogP contribution in [-0.4, -0.2) is 12.6 Å². The first-order chi connectivity index (χ1) is 6.98. The highest BCUT2D eigenvalue weighted by Gasteiger charge is 2.32. The van der Waals surface area contributed by atoms with Crippen molar-refractivity contribution < 1.29 is 18.0 Å². The van der Waals surface area contributed by atoms with E-state index in [1.807, 2.05) is 0 Å². The number of carbonyl (C=O) groups is 1. The number of nitrogens with one attached hydrogen (secondary N) is 2. The van der Waals surface area contributed by atoms with Gasteiger partial charge in [-0.3, -0.25) is 4.79 Å². The average Bonchev–Trinajstić information content (AvgIpc) is 2.16. The Hall–Kier alpha value is -1.72. The van der Waals surface area contributed by atoms with Crippen LogP contribution in [0, 0.1) is 0 Å². The summed E-state index contributed by atoms with van der Waals surface area (Å²) < 4.78 is 37.0. The lowest BCUT2D eigenvalue weighted by Gasteiger charge is -2.19. The van der Waals surface area contributed by atoms with Gasteiger partial charge in [-0.05, 0) is 18.2 Å². The third-order valence-corrected chi connectivity index (χ3v) is 2.12.